The van der Waals surface area contributed by atoms with E-state index in [2.05, 4.69) is 19.2 Å². The molecule has 0 heterocycles. The van der Waals surface area contributed by atoms with Gasteiger partial charge in [-0.15, -0.1) is 0 Å². The van der Waals surface area contributed by atoms with Gasteiger partial charge >= 0.3 is 0 Å². The molecule has 3 N–H and O–H groups in total. The van der Waals surface area contributed by atoms with Gasteiger partial charge in [-0.25, -0.2) is 0 Å². The van der Waals surface area contributed by atoms with E-state index in [0.29, 0.717) is 35.3 Å². The van der Waals surface area contributed by atoms with Gasteiger partial charge in [-0.2, -0.15) is 0 Å². The summed E-state index contributed by atoms with van der Waals surface area (Å²) in [6, 6.07) is 11.9. The summed E-state index contributed by atoms with van der Waals surface area (Å²) >= 11 is 0. The zero-order valence-electron chi connectivity index (χ0n) is 15.7. The minimum absolute atomic E-state index is 0.323. The average molecular weight is 368 g/mol. The number of methoxy groups -OCH3 is 1. The minimum Gasteiger partial charge on any atom is -0.493 e. The smallest absolute Gasteiger partial charge is 0.248 e. The highest BCUT2D eigenvalue weighted by Gasteiger charge is 2.07. The van der Waals surface area contributed by atoms with Gasteiger partial charge < -0.3 is 20.5 Å². The Hall–Kier alpha value is -3.28. The predicted molar refractivity (Wildman–Crippen MR) is 106 cm³/mol. The van der Waals surface area contributed by atoms with Gasteiger partial charge in [0.05, 0.1) is 13.7 Å². The molecule has 2 rings (SSSR count). The van der Waals surface area contributed by atoms with Crippen LogP contribution < -0.4 is 20.5 Å². The fourth-order valence-electron chi connectivity index (χ4n) is 2.27. The zero-order chi connectivity index (χ0) is 19.8. The molecule has 0 fully saturated rings. The van der Waals surface area contributed by atoms with E-state index in [9.17, 15) is 9.59 Å². The number of hydrogen-bond donors (Lipinski definition) is 2. The molecule has 2 amide bonds. The summed E-state index contributed by atoms with van der Waals surface area (Å²) in [6.07, 6.45) is 3.07. The Morgan fingerprint density at radius 1 is 1.15 bits per heavy atom. The van der Waals surface area contributed by atoms with Crippen molar-refractivity contribution < 1.29 is 19.1 Å². The first kappa shape index (κ1) is 20.0. The van der Waals surface area contributed by atoms with E-state index in [1.807, 2.05) is 12.1 Å². The molecule has 0 aliphatic carbocycles. The van der Waals surface area contributed by atoms with Crippen LogP contribution in [0, 0.1) is 5.92 Å². The van der Waals surface area contributed by atoms with Crippen LogP contribution in [0.2, 0.25) is 0 Å². The van der Waals surface area contributed by atoms with Gasteiger partial charge in [-0.3, -0.25) is 9.59 Å². The van der Waals surface area contributed by atoms with E-state index < -0.39 is 5.91 Å². The van der Waals surface area contributed by atoms with E-state index in [1.54, 1.807) is 37.5 Å². The van der Waals surface area contributed by atoms with Gasteiger partial charge in [0.1, 0.15) is 0 Å². The quantitative estimate of drug-likeness (QED) is 0.698. The van der Waals surface area contributed by atoms with Gasteiger partial charge in [0.2, 0.25) is 11.8 Å². The maximum Gasteiger partial charge on any atom is 0.248 e. The minimum atomic E-state index is -0.548. The molecule has 0 bridgehead atoms. The number of anilines is 1. The lowest BCUT2D eigenvalue weighted by atomic mass is 10.1. The highest BCUT2D eigenvalue weighted by atomic mass is 16.5. The maximum absolute atomic E-state index is 12.1. The predicted octanol–water partition coefficient (Wildman–Crippen LogP) is 3.48. The molecule has 27 heavy (non-hydrogen) atoms. The number of nitrogens with two attached hydrogens (primary N) is 1. The van der Waals surface area contributed by atoms with E-state index in [-0.39, 0.29) is 5.91 Å². The van der Waals surface area contributed by atoms with Crippen LogP contribution in [-0.4, -0.2) is 25.5 Å². The summed E-state index contributed by atoms with van der Waals surface area (Å²) < 4.78 is 11.1. The maximum atomic E-state index is 12.1. The largest absolute Gasteiger partial charge is 0.493 e. The highest BCUT2D eigenvalue weighted by molar-refractivity contribution is 6.03. The van der Waals surface area contributed by atoms with Crippen molar-refractivity contribution in [2.45, 2.75) is 13.8 Å². The Bertz CT molecular complexity index is 844. The lowest BCUT2D eigenvalue weighted by Crippen LogP contribution is -2.12. The summed E-state index contributed by atoms with van der Waals surface area (Å²) in [5.74, 6) is 0.804. The monoisotopic (exact) mass is 368 g/mol. The van der Waals surface area contributed by atoms with E-state index in [4.69, 9.17) is 15.2 Å². The molecule has 0 unspecified atom stereocenters. The van der Waals surface area contributed by atoms with Crippen molar-refractivity contribution >= 4 is 23.6 Å². The van der Waals surface area contributed by atoms with Crippen molar-refractivity contribution in [1.82, 2.24) is 0 Å². The standard InChI is InChI=1S/C21H24N2O4/c1-14(2)13-27-18-9-7-15(11-19(18)26-3)8-10-20(24)23-17-6-4-5-16(12-17)21(22)25/h4-12,14H,13H2,1-3H3,(H2,22,25)(H,23,24)/b10-8+. The first-order valence-corrected chi connectivity index (χ1v) is 8.59. The second-order valence-electron chi connectivity index (χ2n) is 6.38. The first-order chi connectivity index (χ1) is 12.9. The molecule has 0 saturated heterocycles. The SMILES string of the molecule is COc1cc(/C=C/C(=O)Nc2cccc(C(N)=O)c2)ccc1OCC(C)C. The van der Waals surface area contributed by atoms with Crippen LogP contribution in [0.1, 0.15) is 29.8 Å². The molecule has 0 aliphatic heterocycles. The second-order valence-corrected chi connectivity index (χ2v) is 6.38. The topological polar surface area (TPSA) is 90.6 Å². The molecule has 6 nitrogen and oxygen atoms in total. The molecule has 0 spiro atoms. The van der Waals surface area contributed by atoms with Gasteiger partial charge in [0, 0.05) is 17.3 Å². The number of rotatable bonds is 8. The molecule has 0 atom stereocenters. The summed E-state index contributed by atoms with van der Waals surface area (Å²) in [7, 11) is 1.57. The third kappa shape index (κ3) is 6.18. The number of carbonyl (C=O) groups is 2. The summed E-state index contributed by atoms with van der Waals surface area (Å²) in [5, 5.41) is 2.69. The zero-order valence-corrected chi connectivity index (χ0v) is 15.7. The van der Waals surface area contributed by atoms with Gasteiger partial charge in [0.15, 0.2) is 11.5 Å². The van der Waals surface area contributed by atoms with Crippen molar-refractivity contribution in [3.05, 3.63) is 59.7 Å². The van der Waals surface area contributed by atoms with Crippen LogP contribution >= 0.6 is 0 Å². The van der Waals surface area contributed by atoms with Crippen molar-refractivity contribution in [3.8, 4) is 11.5 Å². The summed E-state index contributed by atoms with van der Waals surface area (Å²) in [5.41, 5.74) is 6.86. The van der Waals surface area contributed by atoms with E-state index in [1.165, 1.54) is 12.1 Å². The lowest BCUT2D eigenvalue weighted by Gasteiger charge is -2.12. The van der Waals surface area contributed by atoms with Crippen LogP contribution in [0.15, 0.2) is 48.5 Å². The number of benzene rings is 2. The Kier molecular flexibility index (Phi) is 7.00. The van der Waals surface area contributed by atoms with E-state index in [0.717, 1.165) is 5.56 Å². The molecule has 0 aliphatic rings. The molecule has 0 saturated carbocycles. The van der Waals surface area contributed by atoms with Crippen LogP contribution in [-0.2, 0) is 4.79 Å². The number of ether oxygens (including phenoxy) is 2. The fourth-order valence-corrected chi connectivity index (χ4v) is 2.27. The average Bonchev–Trinajstić information content (AvgIpc) is 2.65. The summed E-state index contributed by atoms with van der Waals surface area (Å²) in [6.45, 7) is 4.74. The highest BCUT2D eigenvalue weighted by Crippen LogP contribution is 2.29. The van der Waals surface area contributed by atoms with Crippen molar-refractivity contribution in [2.24, 2.45) is 11.7 Å². The molecule has 0 radical (unpaired) electrons. The number of hydrogen-bond acceptors (Lipinski definition) is 4. The summed E-state index contributed by atoms with van der Waals surface area (Å²) in [4.78, 5) is 23.3. The Morgan fingerprint density at radius 3 is 2.59 bits per heavy atom. The molecule has 2 aromatic rings. The van der Waals surface area contributed by atoms with Crippen LogP contribution in [0.4, 0.5) is 5.69 Å². The Morgan fingerprint density at radius 2 is 1.93 bits per heavy atom. The number of carbonyl (C=O) groups excluding carboxylic acids is 2. The normalized spacial score (nSPS) is 10.8. The third-order valence-electron chi connectivity index (χ3n) is 3.60. The molecule has 0 aromatic heterocycles. The van der Waals surface area contributed by atoms with Gasteiger partial charge in [-0.05, 0) is 47.9 Å². The number of amides is 2. The molecular weight excluding hydrogens is 344 g/mol. The third-order valence-corrected chi connectivity index (χ3v) is 3.60. The van der Waals surface area contributed by atoms with Crippen LogP contribution in [0.3, 0.4) is 0 Å². The molecule has 142 valence electrons. The lowest BCUT2D eigenvalue weighted by molar-refractivity contribution is -0.111. The Labute approximate surface area is 159 Å². The molecule has 2 aromatic carbocycles. The molecular formula is C21H24N2O4. The van der Waals surface area contributed by atoms with Crippen molar-refractivity contribution in [2.75, 3.05) is 19.0 Å². The van der Waals surface area contributed by atoms with Crippen LogP contribution in [0.25, 0.3) is 6.08 Å². The number of primary amides is 1. The Balaban J connectivity index is 2.05. The number of nitrogens with one attached hydrogen (secondary N) is 1. The van der Waals surface area contributed by atoms with E-state index >= 15 is 0 Å². The van der Waals surface area contributed by atoms with Crippen molar-refractivity contribution in [3.63, 3.8) is 0 Å². The van der Waals surface area contributed by atoms with Crippen molar-refractivity contribution in [1.29, 1.82) is 0 Å². The van der Waals surface area contributed by atoms with Crippen LogP contribution in [0.5, 0.6) is 11.5 Å². The van der Waals surface area contributed by atoms with Gasteiger partial charge in [-0.1, -0.05) is 26.0 Å². The first-order valence-electron chi connectivity index (χ1n) is 8.59. The van der Waals surface area contributed by atoms with Gasteiger partial charge in [0.25, 0.3) is 0 Å². The second kappa shape index (κ2) is 9.43. The fraction of sp³-hybridized carbons (Fsp3) is 0.238. The molecule has 6 heteroatoms.